The molecule has 2 N–H and O–H groups in total. The number of likely N-dealkylation sites (N-methyl/N-ethyl adjacent to an activating group) is 1. The summed E-state index contributed by atoms with van der Waals surface area (Å²) in [6.07, 6.45) is 7.56. The quantitative estimate of drug-likeness (QED) is 0.374. The third-order valence-corrected chi connectivity index (χ3v) is 6.88. The van der Waals surface area contributed by atoms with Crippen LogP contribution < -0.4 is 5.32 Å². The Morgan fingerprint density at radius 3 is 2.13 bits per heavy atom. The van der Waals surface area contributed by atoms with Crippen molar-refractivity contribution in [3.63, 3.8) is 0 Å². The molecule has 3 rings (SSSR count). The molecule has 0 fully saturated rings. The second-order valence-corrected chi connectivity index (χ2v) is 9.32. The van der Waals surface area contributed by atoms with Gasteiger partial charge in [-0.15, -0.1) is 0 Å². The number of nitrogens with zero attached hydrogens (tertiary/aromatic N) is 2. The van der Waals surface area contributed by atoms with Crippen LogP contribution in [0.2, 0.25) is 0 Å². The molecule has 6 heteroatoms. The van der Waals surface area contributed by atoms with Crippen molar-refractivity contribution in [2.45, 2.75) is 25.9 Å². The van der Waals surface area contributed by atoms with E-state index in [0.717, 1.165) is 17.8 Å². The van der Waals surface area contributed by atoms with Crippen molar-refractivity contribution in [3.05, 3.63) is 143 Å². The van der Waals surface area contributed by atoms with E-state index in [1.165, 1.54) is 7.11 Å². The highest BCUT2D eigenvalue weighted by Gasteiger charge is 2.37. The number of amides is 1. The van der Waals surface area contributed by atoms with Crippen LogP contribution in [0.3, 0.4) is 0 Å². The second kappa shape index (κ2) is 13.0. The number of allylic oxidation sites excluding steroid dienone is 2. The zero-order valence-corrected chi connectivity index (χ0v) is 23.6. The molecule has 0 bridgehead atoms. The Bertz CT molecular complexity index is 1280. The van der Waals surface area contributed by atoms with Crippen molar-refractivity contribution in [1.29, 1.82) is 0 Å². The fourth-order valence-electron chi connectivity index (χ4n) is 4.57. The Hall–Kier alpha value is -4.29. The van der Waals surface area contributed by atoms with Crippen LogP contribution in [0.4, 0.5) is 0 Å². The van der Waals surface area contributed by atoms with Crippen LogP contribution >= 0.6 is 0 Å². The standard InChI is InChI=1S/C33H39N3O3/c1-8-27(22-35(5)10-3)34-32(37)29-21-30(36(6)23-31(29)39-7)28(9-2)24(4)33(38,25-17-13-11-14-18-25)26-19-15-12-16-20-26/h8,11-23,38H,1,4,9-10H2,2-3,5-7H3,(H,34,37)/b27-22+,30-28-. The summed E-state index contributed by atoms with van der Waals surface area (Å²) in [5.74, 6) is 0.0975. The van der Waals surface area contributed by atoms with E-state index in [1.807, 2.05) is 105 Å². The maximum absolute atomic E-state index is 13.5. The minimum absolute atomic E-state index is 0.327. The summed E-state index contributed by atoms with van der Waals surface area (Å²) in [6, 6.07) is 19.0. The zero-order chi connectivity index (χ0) is 28.6. The van der Waals surface area contributed by atoms with Gasteiger partial charge in [-0.05, 0) is 47.8 Å². The zero-order valence-electron chi connectivity index (χ0n) is 23.6. The molecule has 0 spiro atoms. The van der Waals surface area contributed by atoms with Crippen LogP contribution in [0.25, 0.3) is 0 Å². The van der Waals surface area contributed by atoms with Crippen LogP contribution in [-0.2, 0) is 15.1 Å². The minimum Gasteiger partial charge on any atom is -0.494 e. The van der Waals surface area contributed by atoms with Gasteiger partial charge in [0.25, 0.3) is 5.91 Å². The Kier molecular flexibility index (Phi) is 9.74. The summed E-state index contributed by atoms with van der Waals surface area (Å²) in [6.45, 7) is 13.1. The molecule has 0 saturated carbocycles. The highest BCUT2D eigenvalue weighted by Crippen LogP contribution is 2.42. The molecule has 1 aliphatic rings. The van der Waals surface area contributed by atoms with Gasteiger partial charge >= 0.3 is 0 Å². The van der Waals surface area contributed by atoms with Crippen LogP contribution in [0, 0.1) is 0 Å². The molecule has 2 aromatic rings. The summed E-state index contributed by atoms with van der Waals surface area (Å²) in [4.78, 5) is 17.3. The lowest BCUT2D eigenvalue weighted by Crippen LogP contribution is -2.32. The van der Waals surface area contributed by atoms with Crippen molar-refractivity contribution < 1.29 is 14.6 Å². The molecule has 39 heavy (non-hydrogen) atoms. The molecule has 1 aliphatic heterocycles. The van der Waals surface area contributed by atoms with Crippen molar-refractivity contribution >= 4 is 5.91 Å². The van der Waals surface area contributed by atoms with Gasteiger partial charge in [0.05, 0.1) is 18.4 Å². The number of rotatable bonds is 11. The fourth-order valence-corrected chi connectivity index (χ4v) is 4.57. The van der Waals surface area contributed by atoms with Gasteiger partial charge in [-0.25, -0.2) is 0 Å². The summed E-state index contributed by atoms with van der Waals surface area (Å²) in [7, 11) is 5.34. The van der Waals surface area contributed by atoms with E-state index in [4.69, 9.17) is 4.74 Å². The van der Waals surface area contributed by atoms with Gasteiger partial charge < -0.3 is 25.0 Å². The van der Waals surface area contributed by atoms with E-state index in [2.05, 4.69) is 18.5 Å². The van der Waals surface area contributed by atoms with Crippen molar-refractivity contribution in [1.82, 2.24) is 15.1 Å². The van der Waals surface area contributed by atoms with E-state index in [1.54, 1.807) is 18.4 Å². The van der Waals surface area contributed by atoms with Crippen LogP contribution in [0.15, 0.2) is 132 Å². The molecule has 0 radical (unpaired) electrons. The molecule has 0 saturated heterocycles. The highest BCUT2D eigenvalue weighted by molar-refractivity contribution is 5.99. The molecule has 204 valence electrons. The van der Waals surface area contributed by atoms with Crippen LogP contribution in [-0.4, -0.2) is 48.6 Å². The first kappa shape index (κ1) is 29.3. The number of benzene rings is 2. The van der Waals surface area contributed by atoms with E-state index < -0.39 is 5.60 Å². The maximum Gasteiger partial charge on any atom is 0.259 e. The Morgan fingerprint density at radius 2 is 1.67 bits per heavy atom. The summed E-state index contributed by atoms with van der Waals surface area (Å²) in [5, 5.41) is 15.3. The molecule has 1 amide bonds. The second-order valence-electron chi connectivity index (χ2n) is 9.32. The average molecular weight is 526 g/mol. The average Bonchev–Trinajstić information content (AvgIpc) is 2.97. The topological polar surface area (TPSA) is 65.0 Å². The number of ether oxygens (including phenoxy) is 1. The molecule has 0 aliphatic carbocycles. The predicted octanol–water partition coefficient (Wildman–Crippen LogP) is 5.60. The predicted molar refractivity (Wildman–Crippen MR) is 158 cm³/mol. The van der Waals surface area contributed by atoms with Gasteiger partial charge in [-0.1, -0.05) is 80.7 Å². The smallest absolute Gasteiger partial charge is 0.259 e. The first-order chi connectivity index (χ1) is 18.7. The molecule has 0 aromatic heterocycles. The van der Waals surface area contributed by atoms with E-state index >= 15 is 0 Å². The van der Waals surface area contributed by atoms with Gasteiger partial charge in [0.2, 0.25) is 0 Å². The van der Waals surface area contributed by atoms with E-state index in [9.17, 15) is 9.90 Å². The van der Waals surface area contributed by atoms with Crippen molar-refractivity contribution in [2.24, 2.45) is 0 Å². The van der Waals surface area contributed by atoms with Crippen LogP contribution in [0.5, 0.6) is 0 Å². The first-order valence-corrected chi connectivity index (χ1v) is 13.0. The third kappa shape index (κ3) is 6.24. The molecule has 0 unspecified atom stereocenters. The van der Waals surface area contributed by atoms with Crippen molar-refractivity contribution in [3.8, 4) is 0 Å². The summed E-state index contributed by atoms with van der Waals surface area (Å²) in [5.41, 5.74) is 2.97. The Labute approximate surface area is 232 Å². The minimum atomic E-state index is -1.48. The fraction of sp³-hybridized carbons (Fsp3) is 0.242. The lowest BCUT2D eigenvalue weighted by Gasteiger charge is -2.35. The summed E-state index contributed by atoms with van der Waals surface area (Å²) >= 11 is 0. The lowest BCUT2D eigenvalue weighted by molar-refractivity contribution is -0.116. The lowest BCUT2D eigenvalue weighted by atomic mass is 9.76. The highest BCUT2D eigenvalue weighted by atomic mass is 16.5. The number of carbonyl (C=O) groups is 1. The maximum atomic E-state index is 13.5. The van der Waals surface area contributed by atoms with Gasteiger partial charge in [0, 0.05) is 38.7 Å². The van der Waals surface area contributed by atoms with Crippen LogP contribution in [0.1, 0.15) is 31.4 Å². The van der Waals surface area contributed by atoms with E-state index in [0.29, 0.717) is 40.2 Å². The molecule has 0 atom stereocenters. The number of hydrogen-bond acceptors (Lipinski definition) is 5. The largest absolute Gasteiger partial charge is 0.494 e. The number of methoxy groups -OCH3 is 1. The number of aliphatic hydroxyl groups is 1. The molecular weight excluding hydrogens is 486 g/mol. The SMILES string of the molecule is C=C/C(=C\N(C)CC)NC(=O)C1=C/C(=C(\CC)C(=C)C(O)(c2ccccc2)c2ccccc2)N(C)C=C1OC. The van der Waals surface area contributed by atoms with Crippen molar-refractivity contribution in [2.75, 3.05) is 27.7 Å². The normalized spacial score (nSPS) is 15.1. The monoisotopic (exact) mass is 525 g/mol. The molecule has 2 aromatic carbocycles. The van der Waals surface area contributed by atoms with Gasteiger partial charge in [-0.2, -0.15) is 0 Å². The van der Waals surface area contributed by atoms with E-state index in [-0.39, 0.29) is 5.91 Å². The first-order valence-electron chi connectivity index (χ1n) is 13.0. The number of carbonyl (C=O) groups excluding carboxylic acids is 1. The third-order valence-electron chi connectivity index (χ3n) is 6.88. The van der Waals surface area contributed by atoms with Gasteiger partial charge in [0.15, 0.2) is 0 Å². The summed E-state index contributed by atoms with van der Waals surface area (Å²) < 4.78 is 5.58. The molecule has 1 heterocycles. The number of nitrogens with one attached hydrogen (secondary N) is 1. The van der Waals surface area contributed by atoms with Gasteiger partial charge in [0.1, 0.15) is 11.4 Å². The molecular formula is C33H39N3O3. The van der Waals surface area contributed by atoms with Gasteiger partial charge in [-0.3, -0.25) is 4.79 Å². The Balaban J connectivity index is 2.15. The molecule has 6 nitrogen and oxygen atoms in total. The number of hydrogen-bond donors (Lipinski definition) is 2. The Morgan fingerprint density at radius 1 is 1.10 bits per heavy atom.